The molecular weight excluding hydrogens is 274 g/mol. The van der Waals surface area contributed by atoms with Crippen LogP contribution in [0, 0.1) is 0 Å². The molecule has 1 aliphatic rings. The zero-order chi connectivity index (χ0) is 14.2. The number of carbonyl (C=O) groups is 2. The third-order valence-corrected chi connectivity index (χ3v) is 3.16. The van der Waals surface area contributed by atoms with Gasteiger partial charge in [0, 0.05) is 14.0 Å². The van der Waals surface area contributed by atoms with Crippen molar-refractivity contribution in [3.8, 4) is 11.5 Å². The summed E-state index contributed by atoms with van der Waals surface area (Å²) in [6, 6.07) is 1.87. The fourth-order valence-corrected chi connectivity index (χ4v) is 2.13. The number of carbonyl (C=O) groups excluding carboxylic acids is 1. The number of fused-ring (bicyclic) bond motifs is 1. The van der Waals surface area contributed by atoms with Crippen LogP contribution in [0.15, 0.2) is 12.1 Å². The van der Waals surface area contributed by atoms with Gasteiger partial charge in [-0.05, 0) is 17.7 Å². The minimum absolute atomic E-state index is 0.0405. The molecule has 7 heteroatoms. The molecule has 102 valence electrons. The molecule has 0 fully saturated rings. The highest BCUT2D eigenvalue weighted by atomic mass is 35.5. The summed E-state index contributed by atoms with van der Waals surface area (Å²) < 4.78 is 10.3. The summed E-state index contributed by atoms with van der Waals surface area (Å²) in [5, 5.41) is 9.53. The van der Waals surface area contributed by atoms with Crippen LogP contribution >= 0.6 is 11.6 Å². The molecule has 0 aliphatic carbocycles. The Kier molecular flexibility index (Phi) is 3.53. The SMILES string of the molecule is CC(=O)N(C)C(C(=O)O)c1cc(Cl)c2c(c1)OCO2. The van der Waals surface area contributed by atoms with Crippen LogP contribution in [0.3, 0.4) is 0 Å². The van der Waals surface area contributed by atoms with Crippen LogP contribution in [0.5, 0.6) is 11.5 Å². The predicted octanol–water partition coefficient (Wildman–Crippen LogP) is 1.67. The Balaban J connectivity index is 2.46. The van der Waals surface area contributed by atoms with Gasteiger partial charge in [-0.3, -0.25) is 4.79 Å². The van der Waals surface area contributed by atoms with Gasteiger partial charge in [-0.25, -0.2) is 4.79 Å². The van der Waals surface area contributed by atoms with Gasteiger partial charge < -0.3 is 19.5 Å². The van der Waals surface area contributed by atoms with E-state index in [1.54, 1.807) is 0 Å². The average molecular weight is 286 g/mol. The first-order valence-corrected chi connectivity index (χ1v) is 5.85. The van der Waals surface area contributed by atoms with Crippen LogP contribution < -0.4 is 9.47 Å². The predicted molar refractivity (Wildman–Crippen MR) is 66.4 cm³/mol. The molecule has 1 aliphatic heterocycles. The van der Waals surface area contributed by atoms with Gasteiger partial charge in [0.15, 0.2) is 17.5 Å². The molecule has 1 aromatic carbocycles. The lowest BCUT2D eigenvalue weighted by Crippen LogP contribution is -2.34. The normalized spacial score (nSPS) is 14.1. The molecule has 0 bridgehead atoms. The van der Waals surface area contributed by atoms with Crippen molar-refractivity contribution in [2.75, 3.05) is 13.8 Å². The minimum atomic E-state index is -1.15. The number of nitrogens with zero attached hydrogens (tertiary/aromatic N) is 1. The van der Waals surface area contributed by atoms with E-state index in [1.807, 2.05) is 0 Å². The van der Waals surface area contributed by atoms with Crippen molar-refractivity contribution in [1.82, 2.24) is 4.90 Å². The number of rotatable bonds is 3. The van der Waals surface area contributed by atoms with E-state index < -0.39 is 12.0 Å². The number of carboxylic acid groups (broad SMARTS) is 1. The molecule has 1 atom stereocenters. The molecule has 6 nitrogen and oxygen atoms in total. The third-order valence-electron chi connectivity index (χ3n) is 2.88. The van der Waals surface area contributed by atoms with Crippen molar-refractivity contribution in [2.24, 2.45) is 0 Å². The number of benzene rings is 1. The summed E-state index contributed by atoms with van der Waals surface area (Å²) in [7, 11) is 1.42. The van der Waals surface area contributed by atoms with Gasteiger partial charge >= 0.3 is 5.97 Å². The van der Waals surface area contributed by atoms with Crippen LogP contribution in [0.25, 0.3) is 0 Å². The van der Waals surface area contributed by atoms with Crippen LogP contribution in [-0.4, -0.2) is 35.7 Å². The maximum atomic E-state index is 11.4. The standard InChI is InChI=1S/C12H12ClNO5/c1-6(15)14(2)10(12(16)17)7-3-8(13)11-9(4-7)18-5-19-11/h3-4,10H,5H2,1-2H3,(H,16,17). The Morgan fingerprint density at radius 1 is 1.42 bits per heavy atom. The van der Waals surface area contributed by atoms with E-state index in [2.05, 4.69) is 0 Å². The van der Waals surface area contributed by atoms with E-state index >= 15 is 0 Å². The summed E-state index contributed by atoms with van der Waals surface area (Å²) in [6.07, 6.45) is 0. The Labute approximate surface area is 114 Å². The maximum Gasteiger partial charge on any atom is 0.331 e. The molecule has 1 unspecified atom stereocenters. The first-order chi connectivity index (χ1) is 8.91. The zero-order valence-corrected chi connectivity index (χ0v) is 11.1. The molecule has 0 saturated heterocycles. The number of hydrogen-bond donors (Lipinski definition) is 1. The van der Waals surface area contributed by atoms with Crippen LogP contribution in [0.4, 0.5) is 0 Å². The number of halogens is 1. The molecule has 1 N–H and O–H groups in total. The van der Waals surface area contributed by atoms with Crippen molar-refractivity contribution in [3.05, 3.63) is 22.7 Å². The monoisotopic (exact) mass is 285 g/mol. The smallest absolute Gasteiger partial charge is 0.331 e. The largest absolute Gasteiger partial charge is 0.479 e. The molecule has 1 heterocycles. The van der Waals surface area contributed by atoms with Gasteiger partial charge in [0.25, 0.3) is 0 Å². The quantitative estimate of drug-likeness (QED) is 0.914. The van der Waals surface area contributed by atoms with Gasteiger partial charge in [0.1, 0.15) is 0 Å². The fourth-order valence-electron chi connectivity index (χ4n) is 1.86. The van der Waals surface area contributed by atoms with Crippen LogP contribution in [0.1, 0.15) is 18.5 Å². The molecular formula is C12H12ClNO5. The molecule has 2 rings (SSSR count). The van der Waals surface area contributed by atoms with Crippen molar-refractivity contribution >= 4 is 23.5 Å². The van der Waals surface area contributed by atoms with E-state index in [4.69, 9.17) is 21.1 Å². The first-order valence-electron chi connectivity index (χ1n) is 5.47. The van der Waals surface area contributed by atoms with Gasteiger partial charge in [-0.15, -0.1) is 0 Å². The summed E-state index contributed by atoms with van der Waals surface area (Å²) >= 11 is 6.01. The Bertz CT molecular complexity index is 545. The van der Waals surface area contributed by atoms with Crippen molar-refractivity contribution < 1.29 is 24.2 Å². The van der Waals surface area contributed by atoms with Gasteiger partial charge in [-0.1, -0.05) is 11.6 Å². The van der Waals surface area contributed by atoms with E-state index in [0.717, 1.165) is 4.90 Å². The van der Waals surface area contributed by atoms with Gasteiger partial charge in [0.2, 0.25) is 12.7 Å². The van der Waals surface area contributed by atoms with Crippen molar-refractivity contribution in [1.29, 1.82) is 0 Å². The highest BCUT2D eigenvalue weighted by Crippen LogP contribution is 2.41. The number of amides is 1. The Morgan fingerprint density at radius 3 is 2.68 bits per heavy atom. The first kappa shape index (κ1) is 13.5. The number of carboxylic acids is 1. The molecule has 1 amide bonds. The van der Waals surface area contributed by atoms with E-state index in [0.29, 0.717) is 17.1 Å². The Hall–Kier alpha value is -1.95. The third kappa shape index (κ3) is 2.44. The van der Waals surface area contributed by atoms with Crippen LogP contribution in [-0.2, 0) is 9.59 Å². The summed E-state index contributed by atoms with van der Waals surface area (Å²) in [5.74, 6) is -0.737. The number of hydrogen-bond acceptors (Lipinski definition) is 4. The number of ether oxygens (including phenoxy) is 2. The van der Waals surface area contributed by atoms with Crippen molar-refractivity contribution in [3.63, 3.8) is 0 Å². The molecule has 1 aromatic rings. The highest BCUT2D eigenvalue weighted by Gasteiger charge is 2.29. The zero-order valence-electron chi connectivity index (χ0n) is 10.3. The van der Waals surface area contributed by atoms with Crippen molar-refractivity contribution in [2.45, 2.75) is 13.0 Å². The fraction of sp³-hybridized carbons (Fsp3) is 0.333. The molecule has 0 spiro atoms. The summed E-state index contributed by atoms with van der Waals surface area (Å²) in [5.41, 5.74) is 0.361. The maximum absolute atomic E-state index is 11.4. The topological polar surface area (TPSA) is 76.1 Å². The molecule has 0 radical (unpaired) electrons. The Morgan fingerprint density at radius 2 is 2.11 bits per heavy atom. The molecule has 19 heavy (non-hydrogen) atoms. The van der Waals surface area contributed by atoms with E-state index in [9.17, 15) is 14.7 Å². The number of aliphatic carboxylic acids is 1. The van der Waals surface area contributed by atoms with E-state index in [1.165, 1.54) is 26.1 Å². The van der Waals surface area contributed by atoms with Crippen LogP contribution in [0.2, 0.25) is 5.02 Å². The summed E-state index contributed by atoms with van der Waals surface area (Å²) in [6.45, 7) is 1.34. The lowest BCUT2D eigenvalue weighted by atomic mass is 10.0. The number of likely N-dealkylation sites (N-methyl/N-ethyl adjacent to an activating group) is 1. The average Bonchev–Trinajstić information content (AvgIpc) is 2.77. The lowest BCUT2D eigenvalue weighted by Gasteiger charge is -2.24. The minimum Gasteiger partial charge on any atom is -0.479 e. The lowest BCUT2D eigenvalue weighted by molar-refractivity contribution is -0.148. The second-order valence-corrected chi connectivity index (χ2v) is 4.51. The molecule has 0 saturated carbocycles. The highest BCUT2D eigenvalue weighted by molar-refractivity contribution is 6.32. The van der Waals surface area contributed by atoms with Gasteiger partial charge in [-0.2, -0.15) is 0 Å². The summed E-state index contributed by atoms with van der Waals surface area (Å²) in [4.78, 5) is 23.8. The van der Waals surface area contributed by atoms with Gasteiger partial charge in [0.05, 0.1) is 5.02 Å². The second-order valence-electron chi connectivity index (χ2n) is 4.11. The van der Waals surface area contributed by atoms with E-state index in [-0.39, 0.29) is 17.7 Å². The second kappa shape index (κ2) is 4.97. The molecule has 0 aromatic heterocycles.